The minimum atomic E-state index is -3.74. The van der Waals surface area contributed by atoms with Crippen molar-refractivity contribution < 1.29 is 26.0 Å². The van der Waals surface area contributed by atoms with Gasteiger partial charge in [0.2, 0.25) is 11.0 Å². The van der Waals surface area contributed by atoms with Crippen LogP contribution in [0.15, 0.2) is 21.6 Å². The molecule has 0 bridgehead atoms. The second-order valence-corrected chi connectivity index (χ2v) is 10.8. The third kappa shape index (κ3) is 4.66. The molecule has 0 atom stereocenters. The van der Waals surface area contributed by atoms with Crippen LogP contribution in [0.4, 0.5) is 0 Å². The summed E-state index contributed by atoms with van der Waals surface area (Å²) in [6, 6.07) is 2.67. The van der Waals surface area contributed by atoms with Crippen molar-refractivity contribution >= 4 is 25.8 Å². The molecule has 1 saturated heterocycles. The molecule has 0 radical (unpaired) electrons. The zero-order valence-corrected chi connectivity index (χ0v) is 16.1. The molecule has 0 spiro atoms. The van der Waals surface area contributed by atoms with Gasteiger partial charge in [-0.3, -0.25) is 4.79 Å². The lowest BCUT2D eigenvalue weighted by Crippen LogP contribution is -2.37. The molecule has 1 N–H and O–H groups in total. The summed E-state index contributed by atoms with van der Waals surface area (Å²) in [4.78, 5) is 11.9. The van der Waals surface area contributed by atoms with Gasteiger partial charge in [0.05, 0.1) is 0 Å². The van der Waals surface area contributed by atoms with Crippen LogP contribution in [0.5, 0.6) is 0 Å². The summed E-state index contributed by atoms with van der Waals surface area (Å²) < 4.78 is 55.8. The van der Waals surface area contributed by atoms with E-state index >= 15 is 0 Å². The van der Waals surface area contributed by atoms with Crippen LogP contribution in [0.1, 0.15) is 44.3 Å². The first-order valence-electron chi connectivity index (χ1n) is 8.85. The molecule has 1 aliphatic carbocycles. The molecule has 3 rings (SSSR count). The Morgan fingerprint density at radius 1 is 1.08 bits per heavy atom. The number of carbonyl (C=O) groups excluding carboxylic acids is 1. The molecule has 1 saturated carbocycles. The van der Waals surface area contributed by atoms with Gasteiger partial charge in [-0.2, -0.15) is 4.31 Å². The van der Waals surface area contributed by atoms with Crippen molar-refractivity contribution in [3.8, 4) is 0 Å². The average molecular weight is 405 g/mol. The molecular weight excluding hydrogens is 380 g/mol. The molecule has 0 unspecified atom stereocenters. The summed E-state index contributed by atoms with van der Waals surface area (Å²) >= 11 is 0. The topological polar surface area (TPSA) is 114 Å². The maximum Gasteiger partial charge on any atom is 0.276 e. The molecule has 8 nitrogen and oxygen atoms in total. The van der Waals surface area contributed by atoms with Gasteiger partial charge in [0, 0.05) is 19.1 Å². The van der Waals surface area contributed by atoms with Gasteiger partial charge in [-0.1, -0.05) is 12.8 Å². The van der Waals surface area contributed by atoms with Crippen molar-refractivity contribution in [3.05, 3.63) is 17.9 Å². The molecule has 1 amide bonds. The van der Waals surface area contributed by atoms with E-state index in [0.717, 1.165) is 38.5 Å². The second-order valence-electron chi connectivity index (χ2n) is 6.91. The van der Waals surface area contributed by atoms with Gasteiger partial charge in [-0.15, -0.1) is 0 Å². The fourth-order valence-electron chi connectivity index (χ4n) is 3.44. The Morgan fingerprint density at radius 3 is 2.38 bits per heavy atom. The van der Waals surface area contributed by atoms with Crippen molar-refractivity contribution in [2.75, 3.05) is 18.8 Å². The highest BCUT2D eigenvalue weighted by Crippen LogP contribution is 2.23. The van der Waals surface area contributed by atoms with Crippen LogP contribution >= 0.6 is 0 Å². The lowest BCUT2D eigenvalue weighted by atomic mass is 10.2. The number of sulfonamides is 1. The molecule has 2 aliphatic rings. The Balaban J connectivity index is 1.61. The van der Waals surface area contributed by atoms with Crippen molar-refractivity contribution in [2.45, 2.75) is 55.4 Å². The van der Waals surface area contributed by atoms with E-state index in [4.69, 9.17) is 4.42 Å². The lowest BCUT2D eigenvalue weighted by molar-refractivity contribution is -0.119. The largest absolute Gasteiger partial charge is 0.447 e. The number of carbonyl (C=O) groups is 1. The zero-order chi connectivity index (χ0) is 18.8. The van der Waals surface area contributed by atoms with Crippen LogP contribution in [0.3, 0.4) is 0 Å². The summed E-state index contributed by atoms with van der Waals surface area (Å²) in [6.07, 6.45) is 5.44. The first kappa shape index (κ1) is 19.4. The van der Waals surface area contributed by atoms with Crippen molar-refractivity contribution in [2.24, 2.45) is 0 Å². The Morgan fingerprint density at radius 2 is 1.73 bits per heavy atom. The number of nitrogens with one attached hydrogen (secondary N) is 1. The summed E-state index contributed by atoms with van der Waals surface area (Å²) in [5.74, 6) is -1.62. The number of hydrogen-bond donors (Lipinski definition) is 1. The van der Waals surface area contributed by atoms with Crippen molar-refractivity contribution in [1.82, 2.24) is 9.62 Å². The lowest BCUT2D eigenvalue weighted by Gasteiger charge is -2.13. The summed E-state index contributed by atoms with van der Waals surface area (Å²) in [5.41, 5.74) is 0. The van der Waals surface area contributed by atoms with Gasteiger partial charge in [0.1, 0.15) is 17.3 Å². The van der Waals surface area contributed by atoms with Gasteiger partial charge in [-0.25, -0.2) is 16.8 Å². The number of sulfone groups is 1. The van der Waals surface area contributed by atoms with Crippen LogP contribution in [0, 0.1) is 0 Å². The quantitative estimate of drug-likeness (QED) is 0.726. The molecule has 0 aromatic carbocycles. The van der Waals surface area contributed by atoms with E-state index in [0.29, 0.717) is 13.1 Å². The third-order valence-corrected chi connectivity index (χ3v) is 7.93. The van der Waals surface area contributed by atoms with E-state index in [-0.39, 0.29) is 16.9 Å². The van der Waals surface area contributed by atoms with E-state index in [1.54, 1.807) is 0 Å². The summed E-state index contributed by atoms with van der Waals surface area (Å²) in [5, 5.41) is 2.49. The van der Waals surface area contributed by atoms with E-state index in [1.807, 2.05) is 0 Å². The van der Waals surface area contributed by atoms with Gasteiger partial charge in [0.15, 0.2) is 9.84 Å². The monoisotopic (exact) mass is 404 g/mol. The predicted molar refractivity (Wildman–Crippen MR) is 94.6 cm³/mol. The Kier molecular flexibility index (Phi) is 5.73. The minimum Gasteiger partial charge on any atom is -0.447 e. The number of rotatable bonds is 7. The molecule has 1 aromatic rings. The van der Waals surface area contributed by atoms with Gasteiger partial charge in [-0.05, 0) is 37.8 Å². The average Bonchev–Trinajstić information content (AvgIpc) is 3.28. The van der Waals surface area contributed by atoms with Crippen molar-refractivity contribution in [3.63, 3.8) is 0 Å². The van der Waals surface area contributed by atoms with Gasteiger partial charge >= 0.3 is 0 Å². The maximum absolute atomic E-state index is 12.4. The number of hydrogen-bond acceptors (Lipinski definition) is 6. The number of furan rings is 1. The normalized spacial score (nSPS) is 19.8. The van der Waals surface area contributed by atoms with Gasteiger partial charge < -0.3 is 9.73 Å². The molecular formula is C16H24N2O6S2. The fourth-order valence-corrected chi connectivity index (χ4v) is 6.06. The summed E-state index contributed by atoms with van der Waals surface area (Å²) in [7, 11) is -7.46. The molecule has 26 heavy (non-hydrogen) atoms. The van der Waals surface area contributed by atoms with E-state index in [1.165, 1.54) is 16.4 Å². The molecule has 146 valence electrons. The first-order chi connectivity index (χ1) is 12.3. The van der Waals surface area contributed by atoms with Crippen LogP contribution in [0.25, 0.3) is 0 Å². The second kappa shape index (κ2) is 7.69. The standard InChI is InChI=1S/C16H24N2O6S2/c19-15(17-13-5-1-2-6-13)12-25(20,21)11-14-7-8-16(24-14)26(22,23)18-9-3-4-10-18/h7-8,13H,1-6,9-12H2,(H,17,19). The Labute approximate surface area is 153 Å². The third-order valence-electron chi connectivity index (χ3n) is 4.73. The molecule has 1 aromatic heterocycles. The highest BCUT2D eigenvalue weighted by Gasteiger charge is 2.31. The van der Waals surface area contributed by atoms with Crippen LogP contribution in [-0.2, 0) is 30.4 Å². The predicted octanol–water partition coefficient (Wildman–Crippen LogP) is 1.04. The minimum absolute atomic E-state index is 0.0245. The highest BCUT2D eigenvalue weighted by atomic mass is 32.2. The number of amides is 1. The van der Waals surface area contributed by atoms with Gasteiger partial charge in [0.25, 0.3) is 10.0 Å². The van der Waals surface area contributed by atoms with Crippen molar-refractivity contribution in [1.29, 1.82) is 0 Å². The molecule has 2 fully saturated rings. The fraction of sp³-hybridized carbons (Fsp3) is 0.688. The van der Waals surface area contributed by atoms with E-state index in [9.17, 15) is 21.6 Å². The first-order valence-corrected chi connectivity index (χ1v) is 12.1. The molecule has 1 aliphatic heterocycles. The zero-order valence-electron chi connectivity index (χ0n) is 14.5. The SMILES string of the molecule is O=C(CS(=O)(=O)Cc1ccc(S(=O)(=O)N2CCCC2)o1)NC1CCCC1. The van der Waals surface area contributed by atoms with Crippen LogP contribution < -0.4 is 5.32 Å². The van der Waals surface area contributed by atoms with Crippen LogP contribution in [-0.4, -0.2) is 51.9 Å². The highest BCUT2D eigenvalue weighted by molar-refractivity contribution is 7.91. The number of nitrogens with zero attached hydrogens (tertiary/aromatic N) is 1. The molecule has 2 heterocycles. The maximum atomic E-state index is 12.4. The van der Waals surface area contributed by atoms with E-state index < -0.39 is 37.3 Å². The van der Waals surface area contributed by atoms with E-state index in [2.05, 4.69) is 5.32 Å². The smallest absolute Gasteiger partial charge is 0.276 e. The molecule has 10 heteroatoms. The Bertz CT molecular complexity index is 847. The summed E-state index contributed by atoms with van der Waals surface area (Å²) in [6.45, 7) is 0.885. The van der Waals surface area contributed by atoms with Crippen LogP contribution in [0.2, 0.25) is 0 Å². The Hall–Kier alpha value is -1.39.